The monoisotopic (exact) mass is 258 g/mol. The Hall–Kier alpha value is -1.88. The summed E-state index contributed by atoms with van der Waals surface area (Å²) in [6.45, 7) is 3.90. The van der Waals surface area contributed by atoms with Crippen molar-refractivity contribution < 1.29 is 4.79 Å². The molecule has 1 amide bonds. The summed E-state index contributed by atoms with van der Waals surface area (Å²) in [7, 11) is 0. The van der Waals surface area contributed by atoms with E-state index in [1.165, 1.54) is 0 Å². The number of piperidine rings is 1. The van der Waals surface area contributed by atoms with Crippen LogP contribution in [0.1, 0.15) is 28.9 Å². The largest absolute Gasteiger partial charge is 0.347 e. The van der Waals surface area contributed by atoms with Crippen LogP contribution in [-0.4, -0.2) is 34.4 Å². The molecule has 2 aromatic heterocycles. The normalized spacial score (nSPS) is 19.5. The van der Waals surface area contributed by atoms with Crippen molar-refractivity contribution >= 4 is 11.6 Å². The fourth-order valence-corrected chi connectivity index (χ4v) is 2.43. The summed E-state index contributed by atoms with van der Waals surface area (Å²) in [5, 5.41) is 6.32. The van der Waals surface area contributed by atoms with Crippen LogP contribution in [0.3, 0.4) is 0 Å². The first-order valence-corrected chi connectivity index (χ1v) is 6.69. The van der Waals surface area contributed by atoms with Crippen LogP contribution in [-0.2, 0) is 0 Å². The van der Waals surface area contributed by atoms with Crippen molar-refractivity contribution in [2.45, 2.75) is 25.8 Å². The van der Waals surface area contributed by atoms with Gasteiger partial charge in [-0.05, 0) is 44.0 Å². The van der Waals surface area contributed by atoms with Gasteiger partial charge in [0.25, 0.3) is 5.91 Å². The van der Waals surface area contributed by atoms with Crippen molar-refractivity contribution in [1.82, 2.24) is 20.0 Å². The molecule has 3 rings (SSSR count). The highest BCUT2D eigenvalue weighted by Gasteiger charge is 2.18. The van der Waals surface area contributed by atoms with E-state index >= 15 is 0 Å². The van der Waals surface area contributed by atoms with E-state index in [0.29, 0.717) is 5.69 Å². The summed E-state index contributed by atoms with van der Waals surface area (Å²) in [6.07, 6.45) is 5.84. The van der Waals surface area contributed by atoms with Gasteiger partial charge in [-0.3, -0.25) is 4.79 Å². The van der Waals surface area contributed by atoms with Crippen molar-refractivity contribution in [3.8, 4) is 0 Å². The number of fused-ring (bicyclic) bond motifs is 1. The van der Waals surface area contributed by atoms with Crippen LogP contribution in [0.4, 0.5) is 0 Å². The smallest absolute Gasteiger partial charge is 0.271 e. The number of imidazole rings is 1. The van der Waals surface area contributed by atoms with E-state index < -0.39 is 0 Å². The summed E-state index contributed by atoms with van der Waals surface area (Å²) in [5.41, 5.74) is 2.43. The van der Waals surface area contributed by atoms with E-state index in [1.807, 2.05) is 29.7 Å². The highest BCUT2D eigenvalue weighted by atomic mass is 16.2. The Bertz CT molecular complexity index is 599. The van der Waals surface area contributed by atoms with Gasteiger partial charge in [0.2, 0.25) is 0 Å². The number of carbonyl (C=O) groups excluding carboxylic acids is 1. The maximum absolute atomic E-state index is 12.2. The second-order valence-electron chi connectivity index (χ2n) is 5.11. The topological polar surface area (TPSA) is 58.4 Å². The number of aryl methyl sites for hydroxylation is 1. The lowest BCUT2D eigenvalue weighted by molar-refractivity contribution is 0.0926. The Morgan fingerprint density at radius 2 is 2.47 bits per heavy atom. The average Bonchev–Trinajstić information content (AvgIpc) is 2.83. The zero-order chi connectivity index (χ0) is 13.2. The van der Waals surface area contributed by atoms with Gasteiger partial charge in [-0.1, -0.05) is 0 Å². The van der Waals surface area contributed by atoms with Gasteiger partial charge in [-0.25, -0.2) is 4.98 Å². The summed E-state index contributed by atoms with van der Waals surface area (Å²) >= 11 is 0. The molecular formula is C14H18N4O. The average molecular weight is 258 g/mol. The predicted molar refractivity (Wildman–Crippen MR) is 73.3 cm³/mol. The molecule has 1 fully saturated rings. The van der Waals surface area contributed by atoms with Crippen molar-refractivity contribution in [2.75, 3.05) is 13.1 Å². The van der Waals surface area contributed by atoms with Gasteiger partial charge in [0.15, 0.2) is 0 Å². The molecule has 0 saturated carbocycles. The number of aromatic nitrogens is 2. The highest BCUT2D eigenvalue weighted by Crippen LogP contribution is 2.09. The fourth-order valence-electron chi connectivity index (χ4n) is 2.43. The third-order valence-corrected chi connectivity index (χ3v) is 3.48. The number of nitrogens with one attached hydrogen (secondary N) is 2. The Morgan fingerprint density at radius 1 is 1.58 bits per heavy atom. The quantitative estimate of drug-likeness (QED) is 0.849. The second kappa shape index (κ2) is 5.01. The number of hydrogen-bond acceptors (Lipinski definition) is 3. The van der Waals surface area contributed by atoms with E-state index in [1.54, 1.807) is 6.20 Å². The zero-order valence-electron chi connectivity index (χ0n) is 11.0. The minimum Gasteiger partial charge on any atom is -0.347 e. The molecule has 1 saturated heterocycles. The van der Waals surface area contributed by atoms with Gasteiger partial charge in [-0.15, -0.1) is 0 Å². The molecule has 3 heterocycles. The Balaban J connectivity index is 1.77. The van der Waals surface area contributed by atoms with E-state index in [-0.39, 0.29) is 11.9 Å². The molecule has 0 radical (unpaired) electrons. The molecule has 1 atom stereocenters. The van der Waals surface area contributed by atoms with Gasteiger partial charge in [-0.2, -0.15) is 0 Å². The Labute approximate surface area is 112 Å². The van der Waals surface area contributed by atoms with Crippen molar-refractivity contribution in [2.24, 2.45) is 0 Å². The molecule has 2 aromatic rings. The molecule has 0 aliphatic carbocycles. The molecule has 0 spiro atoms. The summed E-state index contributed by atoms with van der Waals surface area (Å²) in [5.74, 6) is -0.0879. The minimum atomic E-state index is -0.0879. The molecule has 2 N–H and O–H groups in total. The molecule has 1 aliphatic rings. The SMILES string of the molecule is Cc1ccn2cc(C(=O)N[C@H]3CCCNC3)nc2c1. The van der Waals surface area contributed by atoms with Crippen molar-refractivity contribution in [3.05, 3.63) is 35.8 Å². The summed E-state index contributed by atoms with van der Waals surface area (Å²) < 4.78 is 1.88. The van der Waals surface area contributed by atoms with Crippen LogP contribution in [0.2, 0.25) is 0 Å². The van der Waals surface area contributed by atoms with E-state index in [4.69, 9.17) is 0 Å². The molecule has 0 aromatic carbocycles. The summed E-state index contributed by atoms with van der Waals surface area (Å²) in [4.78, 5) is 16.5. The van der Waals surface area contributed by atoms with Crippen LogP contribution in [0.25, 0.3) is 5.65 Å². The maximum Gasteiger partial charge on any atom is 0.271 e. The van der Waals surface area contributed by atoms with E-state index in [2.05, 4.69) is 15.6 Å². The second-order valence-corrected chi connectivity index (χ2v) is 5.11. The number of nitrogens with zero attached hydrogens (tertiary/aromatic N) is 2. The lowest BCUT2D eigenvalue weighted by atomic mass is 10.1. The minimum absolute atomic E-state index is 0.0879. The van der Waals surface area contributed by atoms with Crippen molar-refractivity contribution in [3.63, 3.8) is 0 Å². The molecule has 5 heteroatoms. The van der Waals surface area contributed by atoms with Crippen LogP contribution in [0.15, 0.2) is 24.5 Å². The van der Waals surface area contributed by atoms with E-state index in [9.17, 15) is 4.79 Å². The number of rotatable bonds is 2. The Morgan fingerprint density at radius 3 is 3.26 bits per heavy atom. The molecule has 19 heavy (non-hydrogen) atoms. The molecule has 100 valence electrons. The third-order valence-electron chi connectivity index (χ3n) is 3.48. The lowest BCUT2D eigenvalue weighted by Crippen LogP contribution is -2.45. The fraction of sp³-hybridized carbons (Fsp3) is 0.429. The molecule has 0 bridgehead atoms. The third kappa shape index (κ3) is 2.61. The van der Waals surface area contributed by atoms with Gasteiger partial charge < -0.3 is 15.0 Å². The molecule has 5 nitrogen and oxygen atoms in total. The number of amides is 1. The first kappa shape index (κ1) is 12.2. The lowest BCUT2D eigenvalue weighted by Gasteiger charge is -2.23. The van der Waals surface area contributed by atoms with Gasteiger partial charge in [0.05, 0.1) is 0 Å². The molecular weight excluding hydrogens is 240 g/mol. The molecule has 1 aliphatic heterocycles. The van der Waals surface area contributed by atoms with Crippen LogP contribution in [0.5, 0.6) is 0 Å². The van der Waals surface area contributed by atoms with Gasteiger partial charge in [0, 0.05) is 25.0 Å². The number of hydrogen-bond donors (Lipinski definition) is 2. The maximum atomic E-state index is 12.2. The molecule has 0 unspecified atom stereocenters. The van der Waals surface area contributed by atoms with E-state index in [0.717, 1.165) is 37.1 Å². The summed E-state index contributed by atoms with van der Waals surface area (Å²) in [6, 6.07) is 4.19. The van der Waals surface area contributed by atoms with Crippen molar-refractivity contribution in [1.29, 1.82) is 0 Å². The zero-order valence-corrected chi connectivity index (χ0v) is 11.0. The van der Waals surface area contributed by atoms with Crippen LogP contribution in [0, 0.1) is 6.92 Å². The van der Waals surface area contributed by atoms with Gasteiger partial charge >= 0.3 is 0 Å². The first-order chi connectivity index (χ1) is 9.22. The first-order valence-electron chi connectivity index (χ1n) is 6.69. The number of pyridine rings is 1. The predicted octanol–water partition coefficient (Wildman–Crippen LogP) is 1.12. The van der Waals surface area contributed by atoms with Crippen LogP contribution >= 0.6 is 0 Å². The highest BCUT2D eigenvalue weighted by molar-refractivity contribution is 5.93. The standard InChI is InChI=1S/C14H18N4O/c1-10-4-6-18-9-12(17-13(18)7-10)14(19)16-11-3-2-5-15-8-11/h4,6-7,9,11,15H,2-3,5,8H2,1H3,(H,16,19)/t11-/m0/s1. The van der Waals surface area contributed by atoms with Gasteiger partial charge in [0.1, 0.15) is 11.3 Å². The number of carbonyl (C=O) groups is 1. The Kier molecular flexibility index (Phi) is 3.21. The van der Waals surface area contributed by atoms with Crippen LogP contribution < -0.4 is 10.6 Å².